The first-order valence-corrected chi connectivity index (χ1v) is 11.8. The Morgan fingerprint density at radius 1 is 1.13 bits per heavy atom. The Hall–Kier alpha value is -2.57. The van der Waals surface area contributed by atoms with Gasteiger partial charge in [-0.15, -0.1) is 11.3 Å². The first kappa shape index (κ1) is 21.7. The number of thiazole rings is 1. The summed E-state index contributed by atoms with van der Waals surface area (Å²) in [6.45, 7) is -0.0632. The molecule has 0 bridgehead atoms. The molecule has 0 radical (unpaired) electrons. The lowest BCUT2D eigenvalue weighted by atomic mass is 9.95. The van der Waals surface area contributed by atoms with Gasteiger partial charge >= 0.3 is 0 Å². The number of nitrogens with zero attached hydrogens (tertiary/aromatic N) is 2. The van der Waals surface area contributed by atoms with Gasteiger partial charge in [-0.05, 0) is 49.2 Å². The molecule has 162 valence electrons. The Morgan fingerprint density at radius 3 is 2.55 bits per heavy atom. The predicted molar refractivity (Wildman–Crippen MR) is 128 cm³/mol. The smallest absolute Gasteiger partial charge is 0.262 e. The maximum absolute atomic E-state index is 12.2. The van der Waals surface area contributed by atoms with Crippen molar-refractivity contribution < 1.29 is 9.53 Å². The normalized spacial score (nSPS) is 14.3. The molecule has 1 aliphatic rings. The maximum atomic E-state index is 12.2. The van der Waals surface area contributed by atoms with Crippen LogP contribution in [-0.4, -0.2) is 30.6 Å². The van der Waals surface area contributed by atoms with Gasteiger partial charge in [0.15, 0.2) is 11.7 Å². The Balaban J connectivity index is 1.32. The van der Waals surface area contributed by atoms with Crippen molar-refractivity contribution in [3.63, 3.8) is 0 Å². The van der Waals surface area contributed by atoms with Gasteiger partial charge < -0.3 is 15.0 Å². The molecule has 1 aromatic heterocycles. The minimum Gasteiger partial charge on any atom is -0.484 e. The summed E-state index contributed by atoms with van der Waals surface area (Å²) in [4.78, 5) is 19.3. The first-order valence-electron chi connectivity index (χ1n) is 10.6. The number of hydrogen-bond acceptors (Lipinski definition) is 5. The van der Waals surface area contributed by atoms with Gasteiger partial charge in [-0.3, -0.25) is 4.79 Å². The lowest BCUT2D eigenvalue weighted by molar-refractivity contribution is -0.118. The van der Waals surface area contributed by atoms with Gasteiger partial charge in [0, 0.05) is 34.7 Å². The summed E-state index contributed by atoms with van der Waals surface area (Å²) in [6, 6.07) is 15.3. The van der Waals surface area contributed by atoms with Crippen LogP contribution in [0.4, 0.5) is 10.8 Å². The van der Waals surface area contributed by atoms with E-state index in [2.05, 4.69) is 22.6 Å². The van der Waals surface area contributed by atoms with Crippen molar-refractivity contribution in [3.8, 4) is 17.0 Å². The van der Waals surface area contributed by atoms with Gasteiger partial charge in [0.25, 0.3) is 5.91 Å². The standard InChI is InChI=1S/C24H26ClN3O2S/c1-28(20-5-3-2-4-6-20)24-27-22(16-31-24)17-7-11-19(12-8-17)26-23(29)15-30-21-13-9-18(25)10-14-21/h7-14,16,20H,2-6,15H2,1H3,(H,26,29). The highest BCUT2D eigenvalue weighted by atomic mass is 35.5. The molecule has 2 aromatic carbocycles. The molecule has 0 unspecified atom stereocenters. The van der Waals surface area contributed by atoms with Crippen LogP contribution in [0.15, 0.2) is 53.9 Å². The van der Waals surface area contributed by atoms with Gasteiger partial charge in [0.1, 0.15) is 5.75 Å². The zero-order chi connectivity index (χ0) is 21.6. The van der Waals surface area contributed by atoms with Crippen molar-refractivity contribution in [2.75, 3.05) is 23.9 Å². The van der Waals surface area contributed by atoms with E-state index in [1.165, 1.54) is 32.1 Å². The largest absolute Gasteiger partial charge is 0.484 e. The monoisotopic (exact) mass is 455 g/mol. The average Bonchev–Trinajstić information content (AvgIpc) is 3.29. The van der Waals surface area contributed by atoms with Gasteiger partial charge in [0.05, 0.1) is 5.69 Å². The number of ether oxygens (including phenoxy) is 1. The number of aromatic nitrogens is 1. The molecule has 1 aliphatic carbocycles. The van der Waals surface area contributed by atoms with Crippen LogP contribution >= 0.6 is 22.9 Å². The van der Waals surface area contributed by atoms with Crippen molar-refractivity contribution in [1.29, 1.82) is 0 Å². The molecule has 1 N–H and O–H groups in total. The Kier molecular flexibility index (Phi) is 7.10. The summed E-state index contributed by atoms with van der Waals surface area (Å²) < 4.78 is 5.48. The predicted octanol–water partition coefficient (Wildman–Crippen LogP) is 6.25. The minimum atomic E-state index is -0.215. The Morgan fingerprint density at radius 2 is 1.84 bits per heavy atom. The molecule has 7 heteroatoms. The number of carbonyl (C=O) groups is 1. The second-order valence-corrected chi connectivity index (χ2v) is 9.06. The quantitative estimate of drug-likeness (QED) is 0.457. The van der Waals surface area contributed by atoms with E-state index >= 15 is 0 Å². The van der Waals surface area contributed by atoms with Crippen molar-refractivity contribution in [2.24, 2.45) is 0 Å². The van der Waals surface area contributed by atoms with Crippen LogP contribution in [0, 0.1) is 0 Å². The number of hydrogen-bond donors (Lipinski definition) is 1. The van der Waals surface area contributed by atoms with Crippen molar-refractivity contribution in [2.45, 2.75) is 38.1 Å². The maximum Gasteiger partial charge on any atom is 0.262 e. The second kappa shape index (κ2) is 10.2. The number of rotatable bonds is 7. The van der Waals surface area contributed by atoms with E-state index in [0.717, 1.165) is 22.1 Å². The molecule has 1 heterocycles. The van der Waals surface area contributed by atoms with E-state index in [9.17, 15) is 4.79 Å². The van der Waals surface area contributed by atoms with Crippen molar-refractivity contribution >= 4 is 39.7 Å². The second-order valence-electron chi connectivity index (χ2n) is 7.79. The van der Waals surface area contributed by atoms with Crippen LogP contribution < -0.4 is 15.0 Å². The first-order chi connectivity index (χ1) is 15.1. The van der Waals surface area contributed by atoms with Crippen LogP contribution in [-0.2, 0) is 4.79 Å². The van der Waals surface area contributed by atoms with E-state index in [1.54, 1.807) is 35.6 Å². The van der Waals surface area contributed by atoms with E-state index in [0.29, 0.717) is 16.8 Å². The molecular formula is C24H26ClN3O2S. The van der Waals surface area contributed by atoms with Crippen LogP contribution in [0.5, 0.6) is 5.75 Å². The SMILES string of the molecule is CN(c1nc(-c2ccc(NC(=O)COc3ccc(Cl)cc3)cc2)cs1)C1CCCCC1. The highest BCUT2D eigenvalue weighted by molar-refractivity contribution is 7.14. The molecule has 1 fully saturated rings. The molecule has 3 aromatic rings. The van der Waals surface area contributed by atoms with Crippen LogP contribution in [0.2, 0.25) is 5.02 Å². The topological polar surface area (TPSA) is 54.5 Å². The summed E-state index contributed by atoms with van der Waals surface area (Å²) in [5.74, 6) is 0.389. The van der Waals surface area contributed by atoms with Gasteiger partial charge in [-0.25, -0.2) is 4.98 Å². The lowest BCUT2D eigenvalue weighted by Gasteiger charge is -2.30. The fourth-order valence-corrected chi connectivity index (χ4v) is 4.78. The summed E-state index contributed by atoms with van der Waals surface area (Å²) in [5, 5.41) is 6.65. The lowest BCUT2D eigenvalue weighted by Crippen LogP contribution is -2.33. The van der Waals surface area contributed by atoms with E-state index < -0.39 is 0 Å². The number of benzene rings is 2. The number of carbonyl (C=O) groups excluding carboxylic acids is 1. The molecule has 0 spiro atoms. The van der Waals surface area contributed by atoms with E-state index in [1.807, 2.05) is 24.3 Å². The molecule has 0 aliphatic heterocycles. The Labute approximate surface area is 192 Å². The highest BCUT2D eigenvalue weighted by Gasteiger charge is 2.20. The number of amides is 1. The molecule has 0 saturated heterocycles. The van der Waals surface area contributed by atoms with Crippen LogP contribution in [0.1, 0.15) is 32.1 Å². The molecule has 0 atom stereocenters. The molecule has 4 rings (SSSR count). The summed E-state index contributed by atoms with van der Waals surface area (Å²) in [7, 11) is 2.16. The van der Waals surface area contributed by atoms with Crippen LogP contribution in [0.3, 0.4) is 0 Å². The average molecular weight is 456 g/mol. The third-order valence-electron chi connectivity index (χ3n) is 5.56. The van der Waals surface area contributed by atoms with Gasteiger partial charge in [0.2, 0.25) is 0 Å². The summed E-state index contributed by atoms with van der Waals surface area (Å²) >= 11 is 7.54. The van der Waals surface area contributed by atoms with Crippen molar-refractivity contribution in [3.05, 3.63) is 58.9 Å². The van der Waals surface area contributed by atoms with Gasteiger partial charge in [-0.2, -0.15) is 0 Å². The molecule has 1 saturated carbocycles. The third kappa shape index (κ3) is 5.77. The Bertz CT molecular complexity index is 998. The fraction of sp³-hybridized carbons (Fsp3) is 0.333. The summed E-state index contributed by atoms with van der Waals surface area (Å²) in [6.07, 6.45) is 6.48. The molecular weight excluding hydrogens is 430 g/mol. The van der Waals surface area contributed by atoms with E-state index in [-0.39, 0.29) is 12.5 Å². The molecule has 31 heavy (non-hydrogen) atoms. The number of nitrogens with one attached hydrogen (secondary N) is 1. The van der Waals surface area contributed by atoms with Crippen molar-refractivity contribution in [1.82, 2.24) is 4.98 Å². The zero-order valence-electron chi connectivity index (χ0n) is 17.5. The van der Waals surface area contributed by atoms with Crippen LogP contribution in [0.25, 0.3) is 11.3 Å². The zero-order valence-corrected chi connectivity index (χ0v) is 19.1. The fourth-order valence-electron chi connectivity index (χ4n) is 3.78. The van der Waals surface area contributed by atoms with E-state index in [4.69, 9.17) is 21.3 Å². The summed E-state index contributed by atoms with van der Waals surface area (Å²) in [5.41, 5.74) is 2.73. The van der Waals surface area contributed by atoms with Gasteiger partial charge in [-0.1, -0.05) is 43.0 Å². The molecule has 5 nitrogen and oxygen atoms in total. The molecule has 1 amide bonds. The number of halogens is 1. The third-order valence-corrected chi connectivity index (χ3v) is 6.75. The minimum absolute atomic E-state index is 0.0632. The number of anilines is 2. The highest BCUT2D eigenvalue weighted by Crippen LogP contribution is 2.31.